The standard InChI is InChI=1S/C16H14FN3/c17-14-8-11(9-18)4-5-16(14)20-15-3-1-2-12-10-19-7-6-13(12)15/h1-5,8,19-20H,6-7,10H2. The molecule has 3 rings (SSSR count). The second-order valence-corrected chi connectivity index (χ2v) is 4.80. The first-order chi connectivity index (χ1) is 9.78. The molecule has 0 fully saturated rings. The lowest BCUT2D eigenvalue weighted by molar-refractivity contribution is 0.630. The van der Waals surface area contributed by atoms with Crippen molar-refractivity contribution in [2.45, 2.75) is 13.0 Å². The molecule has 0 saturated carbocycles. The Morgan fingerprint density at radius 1 is 1.20 bits per heavy atom. The van der Waals surface area contributed by atoms with E-state index >= 15 is 0 Å². The zero-order chi connectivity index (χ0) is 13.9. The molecule has 1 aliphatic rings. The van der Waals surface area contributed by atoms with Crippen LogP contribution in [0.15, 0.2) is 36.4 Å². The summed E-state index contributed by atoms with van der Waals surface area (Å²) in [6.45, 7) is 1.78. The maximum absolute atomic E-state index is 13.9. The third-order valence-corrected chi connectivity index (χ3v) is 3.51. The molecule has 2 N–H and O–H groups in total. The molecule has 4 heteroatoms. The van der Waals surface area contributed by atoms with Gasteiger partial charge in [0.25, 0.3) is 0 Å². The lowest BCUT2D eigenvalue weighted by Crippen LogP contribution is -2.24. The van der Waals surface area contributed by atoms with Crippen LogP contribution in [0.5, 0.6) is 0 Å². The highest BCUT2D eigenvalue weighted by atomic mass is 19.1. The fourth-order valence-electron chi connectivity index (χ4n) is 2.48. The van der Waals surface area contributed by atoms with Crippen molar-refractivity contribution >= 4 is 11.4 Å². The van der Waals surface area contributed by atoms with Gasteiger partial charge in [0.2, 0.25) is 0 Å². The van der Waals surface area contributed by atoms with E-state index in [1.54, 1.807) is 12.1 Å². The maximum atomic E-state index is 13.9. The van der Waals surface area contributed by atoms with E-state index in [1.165, 1.54) is 17.2 Å². The third-order valence-electron chi connectivity index (χ3n) is 3.51. The number of hydrogen-bond donors (Lipinski definition) is 2. The van der Waals surface area contributed by atoms with Gasteiger partial charge in [-0.05, 0) is 48.4 Å². The van der Waals surface area contributed by atoms with Crippen molar-refractivity contribution < 1.29 is 4.39 Å². The lowest BCUT2D eigenvalue weighted by Gasteiger charge is -2.21. The normalized spacial score (nSPS) is 13.4. The van der Waals surface area contributed by atoms with Crippen LogP contribution in [-0.2, 0) is 13.0 Å². The first-order valence-corrected chi connectivity index (χ1v) is 6.56. The average Bonchev–Trinajstić information content (AvgIpc) is 2.49. The molecule has 0 bridgehead atoms. The summed E-state index contributed by atoms with van der Waals surface area (Å²) in [6, 6.07) is 12.4. The molecule has 1 heterocycles. The molecule has 20 heavy (non-hydrogen) atoms. The molecule has 0 atom stereocenters. The summed E-state index contributed by atoms with van der Waals surface area (Å²) in [5.74, 6) is -0.407. The zero-order valence-electron chi connectivity index (χ0n) is 10.9. The number of anilines is 2. The fraction of sp³-hybridized carbons (Fsp3) is 0.188. The molecule has 0 spiro atoms. The Bertz CT molecular complexity index is 689. The molecular weight excluding hydrogens is 253 g/mol. The van der Waals surface area contributed by atoms with E-state index in [4.69, 9.17) is 5.26 Å². The van der Waals surface area contributed by atoms with E-state index in [2.05, 4.69) is 16.7 Å². The quantitative estimate of drug-likeness (QED) is 0.879. The Labute approximate surface area is 117 Å². The number of hydrogen-bond acceptors (Lipinski definition) is 3. The van der Waals surface area contributed by atoms with Gasteiger partial charge in [0.15, 0.2) is 0 Å². The highest BCUT2D eigenvalue weighted by Crippen LogP contribution is 2.27. The predicted molar refractivity (Wildman–Crippen MR) is 76.3 cm³/mol. The minimum Gasteiger partial charge on any atom is -0.353 e. The van der Waals surface area contributed by atoms with E-state index in [-0.39, 0.29) is 0 Å². The summed E-state index contributed by atoms with van der Waals surface area (Å²) in [6.07, 6.45) is 0.927. The second-order valence-electron chi connectivity index (χ2n) is 4.80. The first-order valence-electron chi connectivity index (χ1n) is 6.56. The molecule has 0 radical (unpaired) electrons. The predicted octanol–water partition coefficient (Wildman–Crippen LogP) is 3.09. The molecule has 3 nitrogen and oxygen atoms in total. The van der Waals surface area contributed by atoms with Gasteiger partial charge in [0.1, 0.15) is 5.82 Å². The average molecular weight is 267 g/mol. The van der Waals surface area contributed by atoms with Crippen LogP contribution in [0.25, 0.3) is 0 Å². The highest BCUT2D eigenvalue weighted by Gasteiger charge is 2.13. The van der Waals surface area contributed by atoms with Crippen molar-refractivity contribution in [3.63, 3.8) is 0 Å². The summed E-state index contributed by atoms with van der Waals surface area (Å²) in [7, 11) is 0. The first kappa shape index (κ1) is 12.6. The molecular formula is C16H14FN3. The smallest absolute Gasteiger partial charge is 0.147 e. The van der Waals surface area contributed by atoms with Crippen LogP contribution in [0.1, 0.15) is 16.7 Å². The Hall–Kier alpha value is -2.38. The summed E-state index contributed by atoms with van der Waals surface area (Å²) in [4.78, 5) is 0. The monoisotopic (exact) mass is 267 g/mol. The molecule has 0 saturated heterocycles. The van der Waals surface area contributed by atoms with Crippen LogP contribution < -0.4 is 10.6 Å². The van der Waals surface area contributed by atoms with Crippen molar-refractivity contribution in [2.24, 2.45) is 0 Å². The van der Waals surface area contributed by atoms with Gasteiger partial charge in [0.05, 0.1) is 17.3 Å². The van der Waals surface area contributed by atoms with Gasteiger partial charge in [-0.15, -0.1) is 0 Å². The van der Waals surface area contributed by atoms with Gasteiger partial charge < -0.3 is 10.6 Å². The van der Waals surface area contributed by atoms with Gasteiger partial charge in [-0.2, -0.15) is 5.26 Å². The molecule has 0 unspecified atom stereocenters. The largest absolute Gasteiger partial charge is 0.353 e. The highest BCUT2D eigenvalue weighted by molar-refractivity contribution is 5.66. The van der Waals surface area contributed by atoms with Crippen LogP contribution >= 0.6 is 0 Å². The lowest BCUT2D eigenvalue weighted by atomic mass is 9.99. The van der Waals surface area contributed by atoms with Crippen LogP contribution in [0.2, 0.25) is 0 Å². The van der Waals surface area contributed by atoms with Crippen molar-refractivity contribution in [1.82, 2.24) is 5.32 Å². The van der Waals surface area contributed by atoms with E-state index in [1.807, 2.05) is 18.2 Å². The topological polar surface area (TPSA) is 47.9 Å². The summed E-state index contributed by atoms with van der Waals surface area (Å²) in [5, 5.41) is 15.2. The number of halogens is 1. The summed E-state index contributed by atoms with van der Waals surface area (Å²) in [5.41, 5.74) is 4.14. The minimum atomic E-state index is -0.407. The van der Waals surface area contributed by atoms with Crippen LogP contribution in [0.3, 0.4) is 0 Å². The molecule has 1 aliphatic heterocycles. The van der Waals surface area contributed by atoms with E-state index in [0.717, 1.165) is 25.2 Å². The van der Waals surface area contributed by atoms with Crippen molar-refractivity contribution in [3.8, 4) is 6.07 Å². The molecule has 0 aliphatic carbocycles. The van der Waals surface area contributed by atoms with Crippen molar-refractivity contribution in [3.05, 3.63) is 58.9 Å². The Balaban J connectivity index is 1.94. The maximum Gasteiger partial charge on any atom is 0.147 e. The molecule has 0 amide bonds. The fourth-order valence-corrected chi connectivity index (χ4v) is 2.48. The number of nitrogens with zero attached hydrogens (tertiary/aromatic N) is 1. The Morgan fingerprint density at radius 2 is 2.10 bits per heavy atom. The van der Waals surface area contributed by atoms with Crippen LogP contribution in [0, 0.1) is 17.1 Å². The molecule has 2 aromatic carbocycles. The van der Waals surface area contributed by atoms with Crippen LogP contribution in [0.4, 0.5) is 15.8 Å². The van der Waals surface area contributed by atoms with Gasteiger partial charge in [-0.25, -0.2) is 4.39 Å². The van der Waals surface area contributed by atoms with Gasteiger partial charge in [-0.3, -0.25) is 0 Å². The molecule has 2 aromatic rings. The Morgan fingerprint density at radius 3 is 2.90 bits per heavy atom. The number of fused-ring (bicyclic) bond motifs is 1. The second kappa shape index (κ2) is 5.32. The van der Waals surface area contributed by atoms with E-state index in [9.17, 15) is 4.39 Å². The summed E-state index contributed by atoms with van der Waals surface area (Å²) >= 11 is 0. The van der Waals surface area contributed by atoms with Crippen molar-refractivity contribution in [1.29, 1.82) is 5.26 Å². The summed E-state index contributed by atoms with van der Waals surface area (Å²) < 4.78 is 13.9. The number of nitriles is 1. The van der Waals surface area contributed by atoms with E-state index < -0.39 is 5.82 Å². The van der Waals surface area contributed by atoms with Crippen molar-refractivity contribution in [2.75, 3.05) is 11.9 Å². The SMILES string of the molecule is N#Cc1ccc(Nc2cccc3c2CCNC3)c(F)c1. The van der Waals surface area contributed by atoms with Gasteiger partial charge in [-0.1, -0.05) is 12.1 Å². The van der Waals surface area contributed by atoms with E-state index in [0.29, 0.717) is 11.3 Å². The third kappa shape index (κ3) is 2.36. The minimum absolute atomic E-state index is 0.326. The number of nitrogens with one attached hydrogen (secondary N) is 2. The zero-order valence-corrected chi connectivity index (χ0v) is 10.9. The number of benzene rings is 2. The Kier molecular flexibility index (Phi) is 3.36. The van der Waals surface area contributed by atoms with Gasteiger partial charge in [0, 0.05) is 12.2 Å². The van der Waals surface area contributed by atoms with Gasteiger partial charge >= 0.3 is 0 Å². The number of rotatable bonds is 2. The molecule has 0 aromatic heterocycles. The van der Waals surface area contributed by atoms with Crippen LogP contribution in [-0.4, -0.2) is 6.54 Å². The molecule has 100 valence electrons.